The van der Waals surface area contributed by atoms with E-state index in [1.165, 1.54) is 0 Å². The number of nitrogens with zero attached hydrogens (tertiary/aromatic N) is 1. The average Bonchev–Trinajstić information content (AvgIpc) is 3.57. The fraction of sp³-hybridized carbons (Fsp3) is 0.382. The quantitative estimate of drug-likeness (QED) is 0.279. The standard InChI is InChI=1S/C34H40N4O6/c1-8-20-17(3)26(37-32(20)43)14-24-18(4)21(10-12-30(39)40)27(35-24)16-28-22(11-13-31(41)42)19(5)25(36-28)15-29-23(9-2)34(6,7)33(44)38-29/h9,14-16,35-36H,8,10-13H2,1-7H3,(H,38,44)(H,39,40)(H,41,42)/b23-9-,24-14+,27-16-,29-15-. The molecule has 2 amide bonds. The van der Waals surface area contributed by atoms with Gasteiger partial charge in [0.25, 0.3) is 5.91 Å². The van der Waals surface area contributed by atoms with E-state index in [1.807, 2.05) is 72.8 Å². The van der Waals surface area contributed by atoms with E-state index < -0.39 is 17.4 Å². The van der Waals surface area contributed by atoms with E-state index in [0.29, 0.717) is 39.8 Å². The lowest BCUT2D eigenvalue weighted by molar-refractivity contribution is -0.138. The molecule has 232 valence electrons. The molecule has 10 nitrogen and oxygen atoms in total. The van der Waals surface area contributed by atoms with Crippen molar-refractivity contribution in [2.24, 2.45) is 10.4 Å². The monoisotopic (exact) mass is 600 g/mol. The third-order valence-corrected chi connectivity index (χ3v) is 8.68. The molecule has 10 heteroatoms. The van der Waals surface area contributed by atoms with E-state index in [9.17, 15) is 29.4 Å². The number of carbonyl (C=O) groups excluding carboxylic acids is 2. The Morgan fingerprint density at radius 2 is 1.50 bits per heavy atom. The SMILES string of the molecule is C/C=C1/C(=C/c2[nH]c(/C=c3\[nH]/c(=C/C4=NC(=O)C(CC)=C4C)c(C)c3CCC(=O)O)c(CCC(=O)O)c2C)NC(=O)C1(C)C. The van der Waals surface area contributed by atoms with Crippen LogP contribution in [0.1, 0.15) is 87.5 Å². The molecule has 0 radical (unpaired) electrons. The van der Waals surface area contributed by atoms with Crippen molar-refractivity contribution in [1.29, 1.82) is 0 Å². The number of carbonyl (C=O) groups is 4. The second-order valence-electron chi connectivity index (χ2n) is 11.8. The van der Waals surface area contributed by atoms with E-state index >= 15 is 0 Å². The van der Waals surface area contributed by atoms with Gasteiger partial charge < -0.3 is 25.5 Å². The molecule has 1 fully saturated rings. The predicted octanol–water partition coefficient (Wildman–Crippen LogP) is 3.75. The van der Waals surface area contributed by atoms with Crippen molar-refractivity contribution in [2.75, 3.05) is 0 Å². The summed E-state index contributed by atoms with van der Waals surface area (Å²) in [6.07, 6.45) is 8.45. The number of aromatic amines is 2. The Balaban J connectivity index is 1.92. The molecule has 0 atom stereocenters. The molecule has 2 aliphatic rings. The molecule has 4 rings (SSSR count). The van der Waals surface area contributed by atoms with E-state index in [2.05, 4.69) is 20.3 Å². The molecule has 0 saturated carbocycles. The summed E-state index contributed by atoms with van der Waals surface area (Å²) >= 11 is 0. The van der Waals surface area contributed by atoms with Crippen molar-refractivity contribution in [2.45, 2.75) is 80.6 Å². The highest BCUT2D eigenvalue weighted by molar-refractivity contribution is 6.30. The highest BCUT2D eigenvalue weighted by Crippen LogP contribution is 2.38. The number of amides is 2. The van der Waals surface area contributed by atoms with Crippen molar-refractivity contribution in [1.82, 2.24) is 15.3 Å². The molecule has 1 saturated heterocycles. The number of rotatable bonds is 10. The van der Waals surface area contributed by atoms with Gasteiger partial charge >= 0.3 is 11.9 Å². The van der Waals surface area contributed by atoms with Gasteiger partial charge in [0.05, 0.1) is 11.1 Å². The number of allylic oxidation sites excluding steroid dienone is 3. The normalized spacial score (nSPS) is 19.1. The number of H-pyrrole nitrogens is 2. The minimum atomic E-state index is -0.924. The van der Waals surface area contributed by atoms with Crippen LogP contribution in [0.3, 0.4) is 0 Å². The van der Waals surface area contributed by atoms with Gasteiger partial charge in [0.1, 0.15) is 0 Å². The Labute approximate surface area is 256 Å². The third kappa shape index (κ3) is 6.15. The summed E-state index contributed by atoms with van der Waals surface area (Å²) in [5.41, 5.74) is 7.66. The summed E-state index contributed by atoms with van der Waals surface area (Å²) in [5, 5.41) is 23.3. The van der Waals surface area contributed by atoms with E-state index in [4.69, 9.17) is 0 Å². The zero-order valence-electron chi connectivity index (χ0n) is 26.3. The van der Waals surface area contributed by atoms with Crippen LogP contribution >= 0.6 is 0 Å². The van der Waals surface area contributed by atoms with Crippen molar-refractivity contribution >= 4 is 47.7 Å². The van der Waals surface area contributed by atoms with Crippen LogP contribution in [0, 0.1) is 19.3 Å². The summed E-state index contributed by atoms with van der Waals surface area (Å²) in [6, 6.07) is 0. The lowest BCUT2D eigenvalue weighted by Crippen LogP contribution is -2.25. The molecule has 0 spiro atoms. The maximum Gasteiger partial charge on any atom is 0.303 e. The maximum atomic E-state index is 12.7. The van der Waals surface area contributed by atoms with Crippen LogP contribution in [0.25, 0.3) is 18.2 Å². The van der Waals surface area contributed by atoms with Gasteiger partial charge in [0, 0.05) is 46.2 Å². The summed E-state index contributed by atoms with van der Waals surface area (Å²) in [6.45, 7) is 13.2. The Morgan fingerprint density at radius 1 is 0.864 bits per heavy atom. The Morgan fingerprint density at radius 3 is 2.07 bits per heavy atom. The van der Waals surface area contributed by atoms with Crippen LogP contribution in [0.15, 0.2) is 33.5 Å². The number of hydrogen-bond acceptors (Lipinski definition) is 4. The number of hydrogen-bond donors (Lipinski definition) is 5. The summed E-state index contributed by atoms with van der Waals surface area (Å²) in [4.78, 5) is 59.2. The van der Waals surface area contributed by atoms with Crippen LogP contribution in [0.5, 0.6) is 0 Å². The summed E-state index contributed by atoms with van der Waals surface area (Å²) in [5.74, 6) is -2.19. The van der Waals surface area contributed by atoms with Crippen LogP contribution in [0.4, 0.5) is 0 Å². The minimum Gasteiger partial charge on any atom is -0.481 e. The smallest absolute Gasteiger partial charge is 0.303 e. The number of carboxylic acids is 2. The Kier molecular flexibility index (Phi) is 9.13. The largest absolute Gasteiger partial charge is 0.481 e. The molecule has 0 unspecified atom stereocenters. The molecule has 0 aromatic carbocycles. The van der Waals surface area contributed by atoms with Crippen molar-refractivity contribution in [3.63, 3.8) is 0 Å². The molecule has 0 bridgehead atoms. The van der Waals surface area contributed by atoms with Gasteiger partial charge in [-0.05, 0) is 112 Å². The molecule has 2 aliphatic heterocycles. The van der Waals surface area contributed by atoms with E-state index in [0.717, 1.165) is 39.1 Å². The van der Waals surface area contributed by atoms with Crippen molar-refractivity contribution in [3.8, 4) is 0 Å². The fourth-order valence-corrected chi connectivity index (χ4v) is 5.99. The topological polar surface area (TPSA) is 165 Å². The average molecular weight is 601 g/mol. The van der Waals surface area contributed by atoms with Gasteiger partial charge in [-0.25, -0.2) is 4.99 Å². The van der Waals surface area contributed by atoms with Gasteiger partial charge in [-0.2, -0.15) is 0 Å². The number of aliphatic carboxylic acids is 2. The third-order valence-electron chi connectivity index (χ3n) is 8.68. The lowest BCUT2D eigenvalue weighted by atomic mass is 9.85. The van der Waals surface area contributed by atoms with Crippen LogP contribution in [-0.2, 0) is 32.0 Å². The zero-order valence-corrected chi connectivity index (χ0v) is 26.3. The first-order valence-corrected chi connectivity index (χ1v) is 14.8. The Bertz CT molecular complexity index is 1820. The second-order valence-corrected chi connectivity index (χ2v) is 11.8. The maximum absolute atomic E-state index is 12.7. The highest BCUT2D eigenvalue weighted by atomic mass is 16.4. The predicted molar refractivity (Wildman–Crippen MR) is 169 cm³/mol. The fourth-order valence-electron chi connectivity index (χ4n) is 5.99. The molecular formula is C34H40N4O6. The van der Waals surface area contributed by atoms with Gasteiger partial charge in [-0.15, -0.1) is 0 Å². The molecule has 44 heavy (non-hydrogen) atoms. The Hall–Kier alpha value is -4.73. The van der Waals surface area contributed by atoms with Crippen molar-refractivity contribution < 1.29 is 29.4 Å². The highest BCUT2D eigenvalue weighted by Gasteiger charge is 2.40. The van der Waals surface area contributed by atoms with Crippen LogP contribution < -0.4 is 16.0 Å². The van der Waals surface area contributed by atoms with Gasteiger partial charge in [0.2, 0.25) is 5.91 Å². The molecule has 4 heterocycles. The number of carboxylic acid groups (broad SMARTS) is 2. The lowest BCUT2D eigenvalue weighted by Gasteiger charge is -2.15. The number of aromatic nitrogens is 2. The van der Waals surface area contributed by atoms with Crippen LogP contribution in [0.2, 0.25) is 0 Å². The minimum absolute atomic E-state index is 0.0761. The number of nitrogens with one attached hydrogen (secondary N) is 3. The van der Waals surface area contributed by atoms with Gasteiger partial charge in [-0.3, -0.25) is 19.2 Å². The molecular weight excluding hydrogens is 560 g/mol. The van der Waals surface area contributed by atoms with Gasteiger partial charge in [0.15, 0.2) is 0 Å². The molecule has 5 N–H and O–H groups in total. The number of aliphatic imine (C=N–C) groups is 1. The summed E-state index contributed by atoms with van der Waals surface area (Å²) in [7, 11) is 0. The van der Waals surface area contributed by atoms with Crippen molar-refractivity contribution in [3.05, 3.63) is 72.8 Å². The first kappa shape index (κ1) is 32.2. The molecule has 2 aromatic heterocycles. The van der Waals surface area contributed by atoms with E-state index in [1.54, 1.807) is 0 Å². The first-order chi connectivity index (χ1) is 20.7. The van der Waals surface area contributed by atoms with Gasteiger partial charge in [-0.1, -0.05) is 13.0 Å². The molecule has 2 aromatic rings. The first-order valence-electron chi connectivity index (χ1n) is 14.8. The summed E-state index contributed by atoms with van der Waals surface area (Å²) < 4.78 is 0. The second kappa shape index (κ2) is 12.5. The van der Waals surface area contributed by atoms with Crippen LogP contribution in [-0.4, -0.2) is 49.6 Å². The zero-order chi connectivity index (χ0) is 32.5. The molecule has 0 aliphatic carbocycles. The van der Waals surface area contributed by atoms with E-state index in [-0.39, 0.29) is 37.5 Å².